The van der Waals surface area contributed by atoms with Crippen LogP contribution in [0.5, 0.6) is 0 Å². The van der Waals surface area contributed by atoms with E-state index >= 15 is 0 Å². The second-order valence-electron chi connectivity index (χ2n) is 13.6. The van der Waals surface area contributed by atoms with Gasteiger partial charge in [-0.3, -0.25) is 0 Å². The standard InChI is InChI=1S/C45H22B7N3O/c46-34-31(32-33-35(47)36(48)38(50)40(52)42(33)56-41(32)39(51)37(34)49)27-15-21-30(22-16-27)45-54-43(28-17-11-25(12-18-28)23-7-3-1-4-8-23)53-44(55-45)29-19-13-26(14-20-29)24-9-5-2-6-10-24/h1-22H. The molecule has 0 saturated heterocycles. The quantitative estimate of drug-likeness (QED) is 0.251. The lowest BCUT2D eigenvalue weighted by atomic mass is 9.64. The molecule has 0 unspecified atom stereocenters. The SMILES string of the molecule is [B]c1c([B])c([B])c2c(oc3c([B])c([B])c([B])c(-c4ccc(-c5nc(-c6ccc(-c7ccccc7)cc6)nc(-c6ccc(-c7ccccc7)cc6)n5)cc4)c32)c1[B]. The number of aromatic nitrogens is 3. The van der Waals surface area contributed by atoms with Crippen LogP contribution in [0.1, 0.15) is 0 Å². The largest absolute Gasteiger partial charge is 0.457 e. The highest BCUT2D eigenvalue weighted by molar-refractivity contribution is 6.68. The Labute approximate surface area is 334 Å². The van der Waals surface area contributed by atoms with E-state index in [1.165, 1.54) is 0 Å². The number of hydrogen-bond acceptors (Lipinski definition) is 4. The molecule has 14 radical (unpaired) electrons. The predicted octanol–water partition coefficient (Wildman–Crippen LogP) is 3.33. The van der Waals surface area contributed by atoms with Gasteiger partial charge in [0.2, 0.25) is 0 Å². The molecule has 9 rings (SSSR count). The number of fused-ring (bicyclic) bond motifs is 3. The maximum absolute atomic E-state index is 6.69. The zero-order valence-electron chi connectivity index (χ0n) is 30.0. The van der Waals surface area contributed by atoms with E-state index in [0.29, 0.717) is 39.4 Å². The molecule has 11 heteroatoms. The molecule has 2 heterocycles. The van der Waals surface area contributed by atoms with Crippen molar-refractivity contribution in [3.63, 3.8) is 0 Å². The Morgan fingerprint density at radius 2 is 0.607 bits per heavy atom. The fourth-order valence-corrected chi connectivity index (χ4v) is 7.12. The summed E-state index contributed by atoms with van der Waals surface area (Å²) in [6, 6.07) is 44.5. The third-order valence-electron chi connectivity index (χ3n) is 10.2. The number of furan rings is 1. The van der Waals surface area contributed by atoms with Gasteiger partial charge in [0, 0.05) is 27.5 Å². The van der Waals surface area contributed by atoms with E-state index in [-0.39, 0.29) is 49.4 Å². The first-order chi connectivity index (χ1) is 27.2. The van der Waals surface area contributed by atoms with E-state index in [1.807, 2.05) is 84.9 Å². The van der Waals surface area contributed by atoms with Gasteiger partial charge in [-0.2, -0.15) is 0 Å². The smallest absolute Gasteiger partial charge is 0.164 e. The number of benzene rings is 7. The maximum Gasteiger partial charge on any atom is 0.164 e. The van der Waals surface area contributed by atoms with Crippen LogP contribution in [0, 0.1) is 0 Å². The minimum Gasteiger partial charge on any atom is -0.457 e. The lowest BCUT2D eigenvalue weighted by Gasteiger charge is -2.17. The fraction of sp³-hybridized carbons (Fsp3) is 0. The van der Waals surface area contributed by atoms with Crippen LogP contribution >= 0.6 is 0 Å². The first kappa shape index (κ1) is 35.5. The van der Waals surface area contributed by atoms with Gasteiger partial charge in [-0.1, -0.05) is 155 Å². The van der Waals surface area contributed by atoms with Crippen molar-refractivity contribution in [3.05, 3.63) is 133 Å². The van der Waals surface area contributed by atoms with Crippen molar-refractivity contribution >= 4 is 115 Å². The molecule has 4 nitrogen and oxygen atoms in total. The van der Waals surface area contributed by atoms with Gasteiger partial charge in [-0.25, -0.2) is 15.0 Å². The average molecular weight is 696 g/mol. The predicted molar refractivity (Wildman–Crippen MR) is 237 cm³/mol. The van der Waals surface area contributed by atoms with Crippen molar-refractivity contribution in [1.29, 1.82) is 0 Å². The highest BCUT2D eigenvalue weighted by Gasteiger charge is 2.23. The van der Waals surface area contributed by atoms with Crippen LogP contribution in [0.3, 0.4) is 0 Å². The van der Waals surface area contributed by atoms with E-state index in [9.17, 15) is 0 Å². The summed E-state index contributed by atoms with van der Waals surface area (Å²) >= 11 is 0. The van der Waals surface area contributed by atoms with Gasteiger partial charge in [0.1, 0.15) is 66.1 Å². The Morgan fingerprint density at radius 1 is 0.286 bits per heavy atom. The molecule has 0 saturated carbocycles. The molecule has 244 valence electrons. The van der Waals surface area contributed by atoms with Crippen molar-refractivity contribution in [2.45, 2.75) is 0 Å². The molecule has 0 atom stereocenters. The van der Waals surface area contributed by atoms with Gasteiger partial charge in [0.15, 0.2) is 17.5 Å². The first-order valence-corrected chi connectivity index (χ1v) is 17.8. The second-order valence-corrected chi connectivity index (χ2v) is 13.6. The normalized spacial score (nSPS) is 11.4. The second kappa shape index (κ2) is 14.1. The maximum atomic E-state index is 6.69. The summed E-state index contributed by atoms with van der Waals surface area (Å²) in [6.07, 6.45) is 0. The van der Waals surface area contributed by atoms with Crippen molar-refractivity contribution in [3.8, 4) is 67.5 Å². The first-order valence-electron chi connectivity index (χ1n) is 17.8. The molecule has 56 heavy (non-hydrogen) atoms. The summed E-state index contributed by atoms with van der Waals surface area (Å²) < 4.78 is 6.17. The highest BCUT2D eigenvalue weighted by atomic mass is 16.3. The summed E-state index contributed by atoms with van der Waals surface area (Å²) in [5, 5.41) is 0.973. The van der Waals surface area contributed by atoms with E-state index in [0.717, 1.165) is 38.9 Å². The zero-order valence-corrected chi connectivity index (χ0v) is 30.0. The minimum absolute atomic E-state index is 0.120. The van der Waals surface area contributed by atoms with Gasteiger partial charge in [-0.15, -0.1) is 16.4 Å². The number of nitrogens with zero attached hydrogens (tertiary/aromatic N) is 3. The highest BCUT2D eigenvalue weighted by Crippen LogP contribution is 2.34. The minimum atomic E-state index is 0.120. The third-order valence-corrected chi connectivity index (χ3v) is 10.2. The van der Waals surface area contributed by atoms with Gasteiger partial charge in [0.25, 0.3) is 0 Å². The van der Waals surface area contributed by atoms with Crippen molar-refractivity contribution < 1.29 is 4.42 Å². The monoisotopic (exact) mass is 697 g/mol. The van der Waals surface area contributed by atoms with Crippen LogP contribution < -0.4 is 38.2 Å². The number of hydrogen-bond donors (Lipinski definition) is 0. The van der Waals surface area contributed by atoms with Crippen LogP contribution in [-0.2, 0) is 0 Å². The molecule has 0 aliphatic rings. The van der Waals surface area contributed by atoms with Crippen molar-refractivity contribution in [2.24, 2.45) is 0 Å². The van der Waals surface area contributed by atoms with Crippen molar-refractivity contribution in [1.82, 2.24) is 15.0 Å². The molecule has 0 spiro atoms. The molecule has 7 aromatic carbocycles. The molecule has 2 aromatic heterocycles. The van der Waals surface area contributed by atoms with E-state index in [1.54, 1.807) is 0 Å². The summed E-state index contributed by atoms with van der Waals surface area (Å²) in [5.74, 6) is 1.56. The molecule has 0 aliphatic heterocycles. The molecule has 0 amide bonds. The Morgan fingerprint density at radius 3 is 1.04 bits per heavy atom. The lowest BCUT2D eigenvalue weighted by molar-refractivity contribution is 0.675. The van der Waals surface area contributed by atoms with Crippen LogP contribution in [0.15, 0.2) is 138 Å². The third kappa shape index (κ3) is 6.03. The molecule has 0 N–H and O–H groups in total. The molecule has 9 aromatic rings. The van der Waals surface area contributed by atoms with Crippen LogP contribution in [-0.4, -0.2) is 69.9 Å². The van der Waals surface area contributed by atoms with Gasteiger partial charge < -0.3 is 4.42 Å². The van der Waals surface area contributed by atoms with Crippen LogP contribution in [0.25, 0.3) is 89.5 Å². The van der Waals surface area contributed by atoms with Crippen LogP contribution in [0.4, 0.5) is 0 Å². The Balaban J connectivity index is 1.17. The van der Waals surface area contributed by atoms with Gasteiger partial charge in [-0.05, 0) is 33.4 Å². The summed E-state index contributed by atoms with van der Waals surface area (Å²) in [6.45, 7) is 0. The van der Waals surface area contributed by atoms with Crippen LogP contribution in [0.2, 0.25) is 0 Å². The summed E-state index contributed by atoms with van der Waals surface area (Å²) in [4.78, 5) is 14.9. The zero-order chi connectivity index (χ0) is 38.7. The van der Waals surface area contributed by atoms with E-state index < -0.39 is 0 Å². The number of rotatable bonds is 6. The molecular weight excluding hydrogens is 674 g/mol. The van der Waals surface area contributed by atoms with E-state index in [2.05, 4.69) is 48.5 Å². The summed E-state index contributed by atoms with van der Waals surface area (Å²) in [7, 11) is 44.9. The molecular formula is C45H22B7N3O. The fourth-order valence-electron chi connectivity index (χ4n) is 7.12. The topological polar surface area (TPSA) is 51.8 Å². The Kier molecular flexibility index (Phi) is 8.97. The van der Waals surface area contributed by atoms with Gasteiger partial charge >= 0.3 is 0 Å². The van der Waals surface area contributed by atoms with Crippen molar-refractivity contribution in [2.75, 3.05) is 0 Å². The molecule has 0 bridgehead atoms. The average Bonchev–Trinajstić information content (AvgIpc) is 3.66. The Hall–Kier alpha value is -6.20. The Bertz CT molecular complexity index is 2850. The summed E-state index contributed by atoms with van der Waals surface area (Å²) in [5.41, 5.74) is 9.84. The van der Waals surface area contributed by atoms with E-state index in [4.69, 9.17) is 74.3 Å². The molecule has 0 aliphatic carbocycles. The molecule has 0 fully saturated rings. The van der Waals surface area contributed by atoms with Gasteiger partial charge in [0.05, 0.1) is 0 Å². The lowest BCUT2D eigenvalue weighted by Crippen LogP contribution is -2.47.